The van der Waals surface area contributed by atoms with E-state index < -0.39 is 22.5 Å². The van der Waals surface area contributed by atoms with Crippen molar-refractivity contribution in [2.24, 2.45) is 0 Å². The van der Waals surface area contributed by atoms with Crippen LogP contribution >= 0.6 is 11.6 Å². The highest BCUT2D eigenvalue weighted by Crippen LogP contribution is 2.28. The molecule has 0 spiro atoms. The van der Waals surface area contributed by atoms with Gasteiger partial charge in [0.15, 0.2) is 0 Å². The molecular formula is C22H21ClN2O4S. The molecule has 0 bridgehead atoms. The number of benzene rings is 3. The number of ether oxygens (including phenoxy) is 1. The molecule has 156 valence electrons. The van der Waals surface area contributed by atoms with Gasteiger partial charge in [0.25, 0.3) is 10.0 Å². The third-order valence-electron chi connectivity index (χ3n) is 4.38. The number of methoxy groups -OCH3 is 1. The van der Waals surface area contributed by atoms with E-state index in [-0.39, 0.29) is 4.90 Å². The first kappa shape index (κ1) is 21.7. The number of amides is 1. The number of nitrogens with one attached hydrogen (secondary N) is 1. The molecule has 0 radical (unpaired) electrons. The van der Waals surface area contributed by atoms with E-state index in [1.54, 1.807) is 60.7 Å². The molecular weight excluding hydrogens is 424 g/mol. The maximum absolute atomic E-state index is 13.3. The van der Waals surface area contributed by atoms with Crippen molar-refractivity contribution in [2.75, 3.05) is 23.3 Å². The van der Waals surface area contributed by atoms with Crippen LogP contribution in [0.3, 0.4) is 0 Å². The summed E-state index contributed by atoms with van der Waals surface area (Å²) < 4.78 is 32.7. The summed E-state index contributed by atoms with van der Waals surface area (Å²) in [6.07, 6.45) is 0. The molecule has 0 heterocycles. The van der Waals surface area contributed by atoms with Gasteiger partial charge in [0.05, 0.1) is 22.7 Å². The van der Waals surface area contributed by atoms with Gasteiger partial charge in [0, 0.05) is 5.69 Å². The van der Waals surface area contributed by atoms with Crippen molar-refractivity contribution in [2.45, 2.75) is 11.8 Å². The predicted octanol–water partition coefficient (Wildman–Crippen LogP) is 4.49. The molecule has 8 heteroatoms. The molecule has 3 aromatic carbocycles. The van der Waals surface area contributed by atoms with E-state index in [4.69, 9.17) is 16.3 Å². The summed E-state index contributed by atoms with van der Waals surface area (Å²) in [4.78, 5) is 12.8. The zero-order valence-corrected chi connectivity index (χ0v) is 18.1. The van der Waals surface area contributed by atoms with E-state index >= 15 is 0 Å². The summed E-state index contributed by atoms with van der Waals surface area (Å²) in [7, 11) is -2.46. The van der Waals surface area contributed by atoms with Crippen LogP contribution in [0.2, 0.25) is 5.02 Å². The van der Waals surface area contributed by atoms with Crippen LogP contribution in [0.25, 0.3) is 0 Å². The van der Waals surface area contributed by atoms with Crippen molar-refractivity contribution in [3.05, 3.63) is 83.4 Å². The van der Waals surface area contributed by atoms with Crippen molar-refractivity contribution in [1.29, 1.82) is 0 Å². The lowest BCUT2D eigenvalue weighted by molar-refractivity contribution is -0.114. The monoisotopic (exact) mass is 444 g/mol. The highest BCUT2D eigenvalue weighted by Gasteiger charge is 2.27. The SMILES string of the molecule is COc1ccc(NC(=O)CN(c2ccccc2)S(=O)(=O)c2ccc(C)cc2)cc1Cl. The molecule has 6 nitrogen and oxygen atoms in total. The third kappa shape index (κ3) is 4.93. The van der Waals surface area contributed by atoms with Gasteiger partial charge in [-0.25, -0.2) is 8.42 Å². The highest BCUT2D eigenvalue weighted by atomic mass is 35.5. The molecule has 0 saturated heterocycles. The van der Waals surface area contributed by atoms with Crippen LogP contribution < -0.4 is 14.4 Å². The molecule has 0 aliphatic heterocycles. The largest absolute Gasteiger partial charge is 0.495 e. The molecule has 0 unspecified atom stereocenters. The Labute approximate surface area is 181 Å². The number of sulfonamides is 1. The Hall–Kier alpha value is -3.03. The second-order valence-electron chi connectivity index (χ2n) is 6.56. The Morgan fingerprint density at radius 3 is 2.30 bits per heavy atom. The molecule has 3 rings (SSSR count). The lowest BCUT2D eigenvalue weighted by atomic mass is 10.2. The fourth-order valence-corrected chi connectivity index (χ4v) is 4.50. The maximum atomic E-state index is 13.3. The van der Waals surface area contributed by atoms with E-state index in [0.717, 1.165) is 9.87 Å². The number of halogens is 1. The fourth-order valence-electron chi connectivity index (χ4n) is 2.82. The lowest BCUT2D eigenvalue weighted by Gasteiger charge is -2.24. The van der Waals surface area contributed by atoms with E-state index in [9.17, 15) is 13.2 Å². The van der Waals surface area contributed by atoms with Gasteiger partial charge in [-0.15, -0.1) is 0 Å². The van der Waals surface area contributed by atoms with E-state index in [2.05, 4.69) is 5.32 Å². The van der Waals surface area contributed by atoms with Gasteiger partial charge in [0.1, 0.15) is 12.3 Å². The molecule has 0 saturated carbocycles. The predicted molar refractivity (Wildman–Crippen MR) is 119 cm³/mol. The van der Waals surface area contributed by atoms with Crippen LogP contribution in [0.1, 0.15) is 5.56 Å². The number of carbonyl (C=O) groups is 1. The summed E-state index contributed by atoms with van der Waals surface area (Å²) in [6.45, 7) is 1.47. The summed E-state index contributed by atoms with van der Waals surface area (Å²) in [6, 6.07) is 19.8. The highest BCUT2D eigenvalue weighted by molar-refractivity contribution is 7.92. The summed E-state index contributed by atoms with van der Waals surface area (Å²) in [5, 5.41) is 3.02. The van der Waals surface area contributed by atoms with Crippen molar-refractivity contribution in [3.8, 4) is 5.75 Å². The minimum atomic E-state index is -3.95. The first-order valence-electron chi connectivity index (χ1n) is 9.09. The molecule has 0 aliphatic rings. The average molecular weight is 445 g/mol. The van der Waals surface area contributed by atoms with Crippen LogP contribution in [0.4, 0.5) is 11.4 Å². The van der Waals surface area contributed by atoms with E-state index in [1.165, 1.54) is 19.2 Å². The van der Waals surface area contributed by atoms with Gasteiger partial charge < -0.3 is 10.1 Å². The minimum Gasteiger partial charge on any atom is -0.495 e. The number of hydrogen-bond donors (Lipinski definition) is 1. The Bertz CT molecular complexity index is 1130. The Balaban J connectivity index is 1.89. The molecule has 0 atom stereocenters. The third-order valence-corrected chi connectivity index (χ3v) is 6.46. The number of para-hydroxylation sites is 1. The van der Waals surface area contributed by atoms with Gasteiger partial charge in [-0.1, -0.05) is 47.5 Å². The van der Waals surface area contributed by atoms with Crippen molar-refractivity contribution < 1.29 is 17.9 Å². The standard InChI is InChI=1S/C22H21ClN2O4S/c1-16-8-11-19(12-9-16)30(27,28)25(18-6-4-3-5-7-18)15-22(26)24-17-10-13-21(29-2)20(23)14-17/h3-14H,15H2,1-2H3,(H,24,26). The van der Waals surface area contributed by atoms with Gasteiger partial charge in [-0.05, 0) is 49.4 Å². The number of nitrogens with zero attached hydrogens (tertiary/aromatic N) is 1. The van der Waals surface area contributed by atoms with Crippen LogP contribution in [0, 0.1) is 6.92 Å². The van der Waals surface area contributed by atoms with Gasteiger partial charge in [0.2, 0.25) is 5.91 Å². The topological polar surface area (TPSA) is 75.7 Å². The lowest BCUT2D eigenvalue weighted by Crippen LogP contribution is -2.38. The first-order chi connectivity index (χ1) is 14.3. The second-order valence-corrected chi connectivity index (χ2v) is 8.83. The van der Waals surface area contributed by atoms with Crippen LogP contribution in [0.5, 0.6) is 5.75 Å². The maximum Gasteiger partial charge on any atom is 0.264 e. The Morgan fingerprint density at radius 2 is 1.70 bits per heavy atom. The number of hydrogen-bond acceptors (Lipinski definition) is 4. The molecule has 1 N–H and O–H groups in total. The Morgan fingerprint density at radius 1 is 1.03 bits per heavy atom. The molecule has 0 fully saturated rings. The average Bonchev–Trinajstić information content (AvgIpc) is 2.73. The molecule has 0 aromatic heterocycles. The zero-order valence-electron chi connectivity index (χ0n) is 16.5. The normalized spacial score (nSPS) is 11.0. The smallest absolute Gasteiger partial charge is 0.264 e. The van der Waals surface area contributed by atoms with Crippen molar-refractivity contribution in [1.82, 2.24) is 0 Å². The van der Waals surface area contributed by atoms with Crippen molar-refractivity contribution in [3.63, 3.8) is 0 Å². The first-order valence-corrected chi connectivity index (χ1v) is 10.9. The number of carbonyl (C=O) groups excluding carboxylic acids is 1. The van der Waals surface area contributed by atoms with Crippen LogP contribution in [-0.2, 0) is 14.8 Å². The molecule has 30 heavy (non-hydrogen) atoms. The summed E-state index contributed by atoms with van der Waals surface area (Å²) >= 11 is 6.10. The number of rotatable bonds is 7. The zero-order chi connectivity index (χ0) is 21.7. The number of aryl methyl sites for hydroxylation is 1. The summed E-state index contributed by atoms with van der Waals surface area (Å²) in [5.74, 6) is -0.0294. The second kappa shape index (κ2) is 9.19. The van der Waals surface area contributed by atoms with Gasteiger partial charge >= 0.3 is 0 Å². The number of anilines is 2. The van der Waals surface area contributed by atoms with Crippen LogP contribution in [0.15, 0.2) is 77.7 Å². The van der Waals surface area contributed by atoms with Crippen LogP contribution in [-0.4, -0.2) is 28.0 Å². The van der Waals surface area contributed by atoms with E-state index in [1.807, 2.05) is 6.92 Å². The fraction of sp³-hybridized carbons (Fsp3) is 0.136. The molecule has 1 amide bonds. The summed E-state index contributed by atoms with van der Waals surface area (Å²) in [5.41, 5.74) is 1.77. The molecule has 3 aromatic rings. The van der Waals surface area contributed by atoms with Gasteiger partial charge in [-0.2, -0.15) is 0 Å². The minimum absolute atomic E-state index is 0.109. The molecule has 0 aliphatic carbocycles. The Kier molecular flexibility index (Phi) is 6.64. The van der Waals surface area contributed by atoms with Crippen molar-refractivity contribution >= 4 is 38.9 Å². The van der Waals surface area contributed by atoms with Gasteiger partial charge in [-0.3, -0.25) is 9.10 Å². The quantitative estimate of drug-likeness (QED) is 0.582. The van der Waals surface area contributed by atoms with E-state index in [0.29, 0.717) is 22.1 Å².